The zero-order valence-electron chi connectivity index (χ0n) is 17.1. The van der Waals surface area contributed by atoms with Crippen LogP contribution < -0.4 is 10.6 Å². The maximum Gasteiger partial charge on any atom is 0.359 e. The Bertz CT molecular complexity index is 1130. The standard InChI is InChI=1S/C22H21FN4O4S/c23-14-7-9-15(10-8-14)27-18-6-2-1-5-17(18)20(26-27)21(29)31-13-19(28)25-22(30)24-12-16-4-3-11-32-16/h3-4,7-11H,1-2,5-6,12-13H2,(H2,24,25,28,30). The Balaban J connectivity index is 1.38. The number of nitrogens with zero attached hydrogens (tertiary/aromatic N) is 2. The predicted octanol–water partition coefficient (Wildman–Crippen LogP) is 3.13. The van der Waals surface area contributed by atoms with Gasteiger partial charge in [-0.05, 0) is 61.4 Å². The van der Waals surface area contributed by atoms with Crippen LogP contribution in [0.5, 0.6) is 0 Å². The van der Waals surface area contributed by atoms with Crippen LogP contribution in [0.3, 0.4) is 0 Å². The van der Waals surface area contributed by atoms with E-state index in [1.54, 1.807) is 16.8 Å². The molecule has 0 atom stereocenters. The Morgan fingerprint density at radius 3 is 2.66 bits per heavy atom. The van der Waals surface area contributed by atoms with E-state index in [-0.39, 0.29) is 11.5 Å². The first-order chi connectivity index (χ1) is 15.5. The molecule has 3 aromatic rings. The van der Waals surface area contributed by atoms with E-state index in [4.69, 9.17) is 4.74 Å². The number of amides is 3. The van der Waals surface area contributed by atoms with Gasteiger partial charge in [-0.2, -0.15) is 5.10 Å². The molecule has 1 aromatic carbocycles. The molecule has 8 nitrogen and oxygen atoms in total. The fourth-order valence-electron chi connectivity index (χ4n) is 3.55. The van der Waals surface area contributed by atoms with Crippen molar-refractivity contribution in [1.82, 2.24) is 20.4 Å². The number of hydrogen-bond donors (Lipinski definition) is 2. The van der Waals surface area contributed by atoms with Crippen molar-refractivity contribution in [2.75, 3.05) is 6.61 Å². The fraction of sp³-hybridized carbons (Fsp3) is 0.273. The molecule has 166 valence electrons. The molecule has 4 rings (SSSR count). The number of urea groups is 1. The van der Waals surface area contributed by atoms with E-state index in [0.717, 1.165) is 35.4 Å². The van der Waals surface area contributed by atoms with Crippen molar-refractivity contribution in [3.05, 3.63) is 69.4 Å². The Morgan fingerprint density at radius 2 is 1.91 bits per heavy atom. The van der Waals surface area contributed by atoms with Gasteiger partial charge >= 0.3 is 12.0 Å². The number of fused-ring (bicyclic) bond motifs is 1. The molecule has 10 heteroatoms. The molecule has 2 N–H and O–H groups in total. The smallest absolute Gasteiger partial charge is 0.359 e. The highest BCUT2D eigenvalue weighted by molar-refractivity contribution is 7.09. The summed E-state index contributed by atoms with van der Waals surface area (Å²) in [6, 6.07) is 8.90. The Labute approximate surface area is 187 Å². The van der Waals surface area contributed by atoms with Crippen LogP contribution in [0.2, 0.25) is 0 Å². The van der Waals surface area contributed by atoms with Crippen molar-refractivity contribution >= 4 is 29.2 Å². The van der Waals surface area contributed by atoms with Gasteiger partial charge in [-0.1, -0.05) is 6.07 Å². The molecule has 2 heterocycles. The molecule has 0 radical (unpaired) electrons. The largest absolute Gasteiger partial charge is 0.451 e. The lowest BCUT2D eigenvalue weighted by molar-refractivity contribution is -0.123. The third kappa shape index (κ3) is 5.02. The topological polar surface area (TPSA) is 102 Å². The second kappa shape index (κ2) is 9.73. The first-order valence-corrected chi connectivity index (χ1v) is 11.0. The number of ether oxygens (including phenoxy) is 1. The monoisotopic (exact) mass is 456 g/mol. The van der Waals surface area contributed by atoms with Gasteiger partial charge in [0.2, 0.25) is 0 Å². The summed E-state index contributed by atoms with van der Waals surface area (Å²) in [5.41, 5.74) is 2.44. The molecule has 32 heavy (non-hydrogen) atoms. The summed E-state index contributed by atoms with van der Waals surface area (Å²) in [4.78, 5) is 37.4. The Hall–Kier alpha value is -3.53. The van der Waals surface area contributed by atoms with Gasteiger partial charge in [0, 0.05) is 16.1 Å². The van der Waals surface area contributed by atoms with E-state index < -0.39 is 24.5 Å². The van der Waals surface area contributed by atoms with Crippen molar-refractivity contribution in [3.63, 3.8) is 0 Å². The highest BCUT2D eigenvalue weighted by Gasteiger charge is 2.27. The summed E-state index contributed by atoms with van der Waals surface area (Å²) in [6.07, 6.45) is 3.26. The van der Waals surface area contributed by atoms with Gasteiger partial charge in [0.1, 0.15) is 5.82 Å². The average molecular weight is 456 g/mol. The number of imide groups is 1. The van der Waals surface area contributed by atoms with Crippen LogP contribution in [0.25, 0.3) is 5.69 Å². The molecule has 1 aliphatic rings. The van der Waals surface area contributed by atoms with E-state index in [0.29, 0.717) is 18.7 Å². The number of rotatable bonds is 6. The van der Waals surface area contributed by atoms with Crippen LogP contribution in [-0.2, 0) is 28.9 Å². The first-order valence-electron chi connectivity index (χ1n) is 10.1. The van der Waals surface area contributed by atoms with Gasteiger partial charge in [0.05, 0.1) is 12.2 Å². The highest BCUT2D eigenvalue weighted by atomic mass is 32.1. The number of esters is 1. The maximum absolute atomic E-state index is 13.3. The number of thiophene rings is 1. The van der Waals surface area contributed by atoms with Gasteiger partial charge in [-0.25, -0.2) is 18.7 Å². The number of hydrogen-bond acceptors (Lipinski definition) is 6. The molecule has 0 bridgehead atoms. The SMILES string of the molecule is O=C(COC(=O)c1nn(-c2ccc(F)cc2)c2c1CCCC2)NC(=O)NCc1cccs1. The lowest BCUT2D eigenvalue weighted by Crippen LogP contribution is -2.41. The van der Waals surface area contributed by atoms with E-state index in [1.807, 2.05) is 17.5 Å². The van der Waals surface area contributed by atoms with Crippen molar-refractivity contribution in [2.45, 2.75) is 32.2 Å². The molecular weight excluding hydrogens is 435 g/mol. The lowest BCUT2D eigenvalue weighted by atomic mass is 9.95. The highest BCUT2D eigenvalue weighted by Crippen LogP contribution is 2.27. The first kappa shape index (κ1) is 21.7. The van der Waals surface area contributed by atoms with Crippen LogP contribution in [0.4, 0.5) is 9.18 Å². The van der Waals surface area contributed by atoms with Crippen molar-refractivity contribution in [3.8, 4) is 5.69 Å². The zero-order valence-corrected chi connectivity index (χ0v) is 17.9. The lowest BCUT2D eigenvalue weighted by Gasteiger charge is -2.14. The summed E-state index contributed by atoms with van der Waals surface area (Å²) in [6.45, 7) is -0.313. The quantitative estimate of drug-likeness (QED) is 0.555. The minimum Gasteiger partial charge on any atom is -0.451 e. The minimum absolute atomic E-state index is 0.138. The summed E-state index contributed by atoms with van der Waals surface area (Å²) in [7, 11) is 0. The molecule has 3 amide bonds. The van der Waals surface area contributed by atoms with Gasteiger partial charge in [-0.3, -0.25) is 10.1 Å². The molecule has 0 spiro atoms. The molecule has 0 unspecified atom stereocenters. The molecule has 0 fully saturated rings. The molecule has 0 saturated carbocycles. The predicted molar refractivity (Wildman–Crippen MR) is 115 cm³/mol. The molecule has 0 aliphatic heterocycles. The molecule has 0 saturated heterocycles. The maximum atomic E-state index is 13.3. The van der Waals surface area contributed by atoms with E-state index >= 15 is 0 Å². The van der Waals surface area contributed by atoms with Crippen molar-refractivity contribution in [1.29, 1.82) is 0 Å². The van der Waals surface area contributed by atoms with Crippen LogP contribution in [-0.4, -0.2) is 34.3 Å². The zero-order chi connectivity index (χ0) is 22.5. The average Bonchev–Trinajstić information content (AvgIpc) is 3.45. The minimum atomic E-state index is -0.742. The Morgan fingerprint density at radius 1 is 1.12 bits per heavy atom. The van der Waals surface area contributed by atoms with Crippen molar-refractivity contribution < 1.29 is 23.5 Å². The van der Waals surface area contributed by atoms with E-state index in [2.05, 4.69) is 15.7 Å². The van der Waals surface area contributed by atoms with Crippen LogP contribution in [0, 0.1) is 5.82 Å². The van der Waals surface area contributed by atoms with Crippen LogP contribution in [0.15, 0.2) is 41.8 Å². The van der Waals surface area contributed by atoms with Crippen molar-refractivity contribution in [2.24, 2.45) is 0 Å². The second-order valence-electron chi connectivity index (χ2n) is 7.26. The van der Waals surface area contributed by atoms with E-state index in [9.17, 15) is 18.8 Å². The number of aromatic nitrogens is 2. The summed E-state index contributed by atoms with van der Waals surface area (Å²) >= 11 is 1.48. The summed E-state index contributed by atoms with van der Waals surface area (Å²) in [5, 5.41) is 11.0. The fourth-order valence-corrected chi connectivity index (χ4v) is 4.19. The third-order valence-corrected chi connectivity index (χ3v) is 5.91. The normalized spacial score (nSPS) is 12.7. The number of carbonyl (C=O) groups is 3. The van der Waals surface area contributed by atoms with E-state index in [1.165, 1.54) is 23.5 Å². The Kier molecular flexibility index (Phi) is 6.60. The molecule has 1 aliphatic carbocycles. The summed E-state index contributed by atoms with van der Waals surface area (Å²) < 4.78 is 20.0. The van der Waals surface area contributed by atoms with Gasteiger partial charge in [0.15, 0.2) is 12.3 Å². The van der Waals surface area contributed by atoms with Gasteiger partial charge in [-0.15, -0.1) is 11.3 Å². The van der Waals surface area contributed by atoms with Crippen LogP contribution >= 0.6 is 11.3 Å². The van der Waals surface area contributed by atoms with Gasteiger partial charge in [0.25, 0.3) is 5.91 Å². The number of halogens is 1. The molecular formula is C22H21FN4O4S. The second-order valence-corrected chi connectivity index (χ2v) is 8.29. The number of benzene rings is 1. The van der Waals surface area contributed by atoms with Gasteiger partial charge < -0.3 is 10.1 Å². The van der Waals surface area contributed by atoms with Crippen LogP contribution in [0.1, 0.15) is 39.5 Å². The third-order valence-electron chi connectivity index (χ3n) is 5.04. The number of carbonyl (C=O) groups excluding carboxylic acids is 3. The molecule has 2 aromatic heterocycles. The number of nitrogens with one attached hydrogen (secondary N) is 2. The summed E-state index contributed by atoms with van der Waals surface area (Å²) in [5.74, 6) is -1.84.